The van der Waals surface area contributed by atoms with Crippen molar-refractivity contribution in [3.05, 3.63) is 0 Å². The molecule has 5 heavy (non-hydrogen) atoms. The fourth-order valence-corrected chi connectivity index (χ4v) is 0. The van der Waals surface area contributed by atoms with Gasteiger partial charge in [0, 0.05) is 1.43 Å². The first-order valence-electron chi connectivity index (χ1n) is 0.698. The maximum Gasteiger partial charge on any atom is 0.394 e. The molecule has 0 heterocycles. The largest absolute Gasteiger partial charge is 0.394 e. The summed E-state index contributed by atoms with van der Waals surface area (Å²) >= 11 is 0. The van der Waals surface area contributed by atoms with Crippen LogP contribution in [0.1, 0.15) is 1.43 Å². The normalized spacial score (nSPS) is 11.6. The molecule has 0 unspecified atom stereocenters. The molecule has 0 aliphatic heterocycles. The van der Waals surface area contributed by atoms with Gasteiger partial charge in [0.05, 0.1) is 0 Å². The van der Waals surface area contributed by atoms with E-state index in [9.17, 15) is 0 Å². The summed E-state index contributed by atoms with van der Waals surface area (Å²) in [5, 5.41) is 0. The van der Waals surface area contributed by atoms with Gasteiger partial charge >= 0.3 is 10.4 Å². The Morgan fingerprint density at radius 2 is 1.40 bits per heavy atom. The van der Waals surface area contributed by atoms with Gasteiger partial charge in [-0.3, -0.25) is 9.11 Å². The molecule has 0 aromatic rings. The Kier molecular flexibility index (Phi) is 0.901. The van der Waals surface area contributed by atoms with Crippen LogP contribution in [0.5, 0.6) is 0 Å². The van der Waals surface area contributed by atoms with Gasteiger partial charge in [0.2, 0.25) is 0 Å². The smallest absolute Gasteiger partial charge is 0.264 e. The summed E-state index contributed by atoms with van der Waals surface area (Å²) in [6.07, 6.45) is 0. The highest BCUT2D eigenvalue weighted by molar-refractivity contribution is 7.79. The molecular formula is H3O4S. The van der Waals surface area contributed by atoms with E-state index < -0.39 is 10.4 Å². The van der Waals surface area contributed by atoms with Gasteiger partial charge in [0.25, 0.3) is 0 Å². The highest BCUT2D eigenvalue weighted by Crippen LogP contribution is 1.59. The summed E-state index contributed by atoms with van der Waals surface area (Å²) in [5.74, 6) is 0. The van der Waals surface area contributed by atoms with Gasteiger partial charge in [0.15, 0.2) is 0 Å². The lowest BCUT2D eigenvalue weighted by Crippen LogP contribution is -1.89. The maximum absolute atomic E-state index is 8.74. The van der Waals surface area contributed by atoms with E-state index >= 15 is 0 Å². The molecule has 0 aliphatic carbocycles. The highest BCUT2D eigenvalue weighted by Gasteiger charge is 1.84. The molecule has 0 rings (SSSR count). The average molecular weight is 99.1 g/mol. The zero-order valence-electron chi connectivity index (χ0n) is 3.12. The molecule has 0 fully saturated rings. The Hall–Kier alpha value is -0.130. The van der Waals surface area contributed by atoms with E-state index in [2.05, 4.69) is 0 Å². The maximum atomic E-state index is 8.74. The van der Waals surface area contributed by atoms with Crippen molar-refractivity contribution in [3.63, 3.8) is 0 Å². The predicted octanol–water partition coefficient (Wildman–Crippen LogP) is -0.540. The first-order valence-corrected chi connectivity index (χ1v) is 2.10. The fraction of sp³-hybridized carbons (Fsp3) is 0. The van der Waals surface area contributed by atoms with Gasteiger partial charge in [-0.15, -0.1) is 0 Å². The van der Waals surface area contributed by atoms with E-state index in [1.165, 1.54) is 0 Å². The van der Waals surface area contributed by atoms with Crippen molar-refractivity contribution in [2.75, 3.05) is 0 Å². The number of hydrogen-bond donors (Lipinski definition) is 2. The minimum Gasteiger partial charge on any atom is -0.264 e. The second-order valence-electron chi connectivity index (χ2n) is 0.448. The van der Waals surface area contributed by atoms with Gasteiger partial charge < -0.3 is 0 Å². The van der Waals surface area contributed by atoms with Crippen LogP contribution in [0, 0.1) is 0 Å². The van der Waals surface area contributed by atoms with Crippen molar-refractivity contribution in [1.82, 2.24) is 0 Å². The molecule has 0 atom stereocenters. The van der Waals surface area contributed by atoms with Crippen molar-refractivity contribution < 1.29 is 18.9 Å². The minimum absolute atomic E-state index is 0. The van der Waals surface area contributed by atoms with Crippen LogP contribution in [0.15, 0.2) is 0 Å². The van der Waals surface area contributed by atoms with Gasteiger partial charge in [-0.25, -0.2) is 0 Å². The van der Waals surface area contributed by atoms with Crippen molar-refractivity contribution >= 4 is 10.4 Å². The molecule has 0 bridgehead atoms. The van der Waals surface area contributed by atoms with Gasteiger partial charge in [-0.1, -0.05) is 0 Å². The van der Waals surface area contributed by atoms with E-state index in [-0.39, 0.29) is 1.43 Å². The molecule has 0 aliphatic rings. The fourth-order valence-electron chi connectivity index (χ4n) is 0. The standard InChI is InChI=1S/H2O4S.H/c1-5(2,3)4;/h(H2,1,2,3,4);. The Bertz CT molecular complexity index is 90.7. The zero-order valence-corrected chi connectivity index (χ0v) is 2.94. The second kappa shape index (κ2) is 0.925. The summed E-state index contributed by atoms with van der Waals surface area (Å²) in [6.45, 7) is 0. The summed E-state index contributed by atoms with van der Waals surface area (Å²) in [7, 11) is -4.67. The molecule has 4 nitrogen and oxygen atoms in total. The average Bonchev–Trinajstić information content (AvgIpc) is 0.722. The highest BCUT2D eigenvalue weighted by atomic mass is 32.3. The van der Waals surface area contributed by atoms with E-state index in [4.69, 9.17) is 17.5 Å². The van der Waals surface area contributed by atoms with Gasteiger partial charge in [-0.05, 0) is 0 Å². The van der Waals surface area contributed by atoms with Crippen molar-refractivity contribution in [1.29, 1.82) is 0 Å². The molecule has 1 radical (unpaired) electrons. The van der Waals surface area contributed by atoms with E-state index in [0.29, 0.717) is 0 Å². The summed E-state index contributed by atoms with van der Waals surface area (Å²) in [4.78, 5) is 0. The molecule has 5 heteroatoms. The van der Waals surface area contributed by atoms with E-state index in [1.54, 1.807) is 0 Å². The van der Waals surface area contributed by atoms with Crippen molar-refractivity contribution in [2.24, 2.45) is 0 Å². The molecule has 0 saturated carbocycles. The van der Waals surface area contributed by atoms with Crippen LogP contribution in [0.25, 0.3) is 0 Å². The quantitative estimate of drug-likeness (QED) is 0.400. The van der Waals surface area contributed by atoms with Crippen LogP contribution in [0.4, 0.5) is 0 Å². The van der Waals surface area contributed by atoms with Crippen molar-refractivity contribution in [2.45, 2.75) is 0 Å². The lowest BCUT2D eigenvalue weighted by molar-refractivity contribution is 0.381. The van der Waals surface area contributed by atoms with Crippen LogP contribution in [-0.4, -0.2) is 17.5 Å². The van der Waals surface area contributed by atoms with Crippen LogP contribution in [0.2, 0.25) is 0 Å². The molecule has 0 saturated heterocycles. The monoisotopic (exact) mass is 99.0 g/mol. The third-order valence-electron chi connectivity index (χ3n) is 0. The van der Waals surface area contributed by atoms with Crippen LogP contribution < -0.4 is 0 Å². The predicted molar refractivity (Wildman–Crippen MR) is 15.3 cm³/mol. The first kappa shape index (κ1) is 4.87. The third kappa shape index (κ3) is 801. The Morgan fingerprint density at radius 1 is 1.40 bits per heavy atom. The summed E-state index contributed by atoms with van der Waals surface area (Å²) in [5.41, 5.74) is 0. The molecular weight excluding hydrogens is 96.1 g/mol. The Balaban J connectivity index is 0. The second-order valence-corrected chi connectivity index (χ2v) is 1.34. The summed E-state index contributed by atoms with van der Waals surface area (Å²) < 4.78 is 31.6. The number of hydrogen-bond acceptors (Lipinski definition) is 2. The minimum atomic E-state index is -4.67. The Labute approximate surface area is 30.5 Å². The topological polar surface area (TPSA) is 74.6 Å². The molecule has 0 spiro atoms. The zero-order chi connectivity index (χ0) is 4.50. The Morgan fingerprint density at radius 3 is 1.40 bits per heavy atom. The summed E-state index contributed by atoms with van der Waals surface area (Å²) in [6, 6.07) is 0. The molecule has 2 N–H and O–H groups in total. The molecule has 33 valence electrons. The molecule has 0 aromatic heterocycles. The SMILES string of the molecule is O=S(=O)(O)O.[H]. The number of rotatable bonds is 0. The molecule has 0 amide bonds. The lowest BCUT2D eigenvalue weighted by Gasteiger charge is -1.68. The molecule has 0 aromatic carbocycles. The first-order chi connectivity index (χ1) is 2.00. The lowest BCUT2D eigenvalue weighted by atomic mass is 15.8. The van der Waals surface area contributed by atoms with Crippen molar-refractivity contribution in [3.8, 4) is 0 Å². The van der Waals surface area contributed by atoms with E-state index in [1.807, 2.05) is 0 Å². The third-order valence-corrected chi connectivity index (χ3v) is 0. The van der Waals surface area contributed by atoms with Crippen LogP contribution in [0.3, 0.4) is 0 Å². The van der Waals surface area contributed by atoms with E-state index in [0.717, 1.165) is 0 Å². The van der Waals surface area contributed by atoms with Gasteiger partial charge in [0.1, 0.15) is 0 Å². The van der Waals surface area contributed by atoms with Crippen LogP contribution in [-0.2, 0) is 10.4 Å². The van der Waals surface area contributed by atoms with Gasteiger partial charge in [-0.2, -0.15) is 8.42 Å². The van der Waals surface area contributed by atoms with Crippen LogP contribution >= 0.6 is 0 Å².